The zero-order chi connectivity index (χ0) is 17.5. The molecule has 6 heteroatoms. The largest absolute Gasteiger partial charge is 0.369 e. The molecule has 6 nitrogen and oxygen atoms in total. The molecule has 0 spiro atoms. The first-order valence-corrected chi connectivity index (χ1v) is 8.30. The van der Waals surface area contributed by atoms with Crippen molar-refractivity contribution in [2.45, 2.75) is 39.3 Å². The molecule has 0 bridgehead atoms. The third-order valence-corrected chi connectivity index (χ3v) is 5.10. The van der Waals surface area contributed by atoms with Crippen molar-refractivity contribution in [2.75, 3.05) is 13.1 Å². The fraction of sp³-hybridized carbons (Fsp3) is 0.500. The Hall–Kier alpha value is -2.37. The van der Waals surface area contributed by atoms with Crippen LogP contribution in [-0.4, -0.2) is 46.7 Å². The number of piperazine rings is 1. The average molecular weight is 329 g/mol. The lowest BCUT2D eigenvalue weighted by atomic mass is 10.0. The summed E-state index contributed by atoms with van der Waals surface area (Å²) in [6.45, 7) is 5.18. The molecule has 128 valence electrons. The number of nitrogens with zero attached hydrogens (tertiary/aromatic N) is 2. The molecule has 1 aliphatic heterocycles. The van der Waals surface area contributed by atoms with E-state index in [1.54, 1.807) is 11.8 Å². The Morgan fingerprint density at radius 1 is 1.29 bits per heavy atom. The summed E-state index contributed by atoms with van der Waals surface area (Å²) in [5.74, 6) is -0.947. The molecule has 1 saturated heterocycles. The minimum absolute atomic E-state index is 0.0867. The fourth-order valence-corrected chi connectivity index (χ4v) is 3.36. The van der Waals surface area contributed by atoms with Crippen LogP contribution in [0.1, 0.15) is 30.9 Å². The molecular formula is C18H23N3O3. The minimum Gasteiger partial charge on any atom is -0.369 e. The molecule has 0 aromatic heterocycles. The van der Waals surface area contributed by atoms with Crippen molar-refractivity contribution in [1.29, 1.82) is 0 Å². The Balaban J connectivity index is 1.70. The van der Waals surface area contributed by atoms with Gasteiger partial charge in [-0.2, -0.15) is 0 Å². The van der Waals surface area contributed by atoms with E-state index in [2.05, 4.69) is 6.07 Å². The van der Waals surface area contributed by atoms with Crippen molar-refractivity contribution in [1.82, 2.24) is 9.80 Å². The van der Waals surface area contributed by atoms with Crippen LogP contribution < -0.4 is 5.73 Å². The Kier molecular flexibility index (Phi) is 4.07. The number of benzene rings is 1. The lowest BCUT2D eigenvalue weighted by Gasteiger charge is -2.40. The first-order chi connectivity index (χ1) is 11.3. The molecule has 3 amide bonds. The second-order valence-corrected chi connectivity index (χ2v) is 6.87. The van der Waals surface area contributed by atoms with Crippen LogP contribution in [0.2, 0.25) is 0 Å². The highest BCUT2D eigenvalue weighted by atomic mass is 16.2. The highest BCUT2D eigenvalue weighted by Crippen LogP contribution is 2.47. The Labute approximate surface area is 141 Å². The number of amides is 3. The molecule has 0 unspecified atom stereocenters. The Morgan fingerprint density at radius 2 is 2.00 bits per heavy atom. The number of aryl methyl sites for hydroxylation is 1. The number of nitrogens with two attached hydrogens (primary N) is 1. The van der Waals surface area contributed by atoms with Crippen molar-refractivity contribution < 1.29 is 14.4 Å². The lowest BCUT2D eigenvalue weighted by molar-refractivity contribution is -0.156. The molecular weight excluding hydrogens is 306 g/mol. The monoisotopic (exact) mass is 329 g/mol. The lowest BCUT2D eigenvalue weighted by Crippen LogP contribution is -2.59. The van der Waals surface area contributed by atoms with Gasteiger partial charge in [0.05, 0.1) is 0 Å². The smallest absolute Gasteiger partial charge is 0.245 e. The summed E-state index contributed by atoms with van der Waals surface area (Å²) in [6.07, 6.45) is 0.983. The summed E-state index contributed by atoms with van der Waals surface area (Å²) in [5.41, 5.74) is 6.55. The van der Waals surface area contributed by atoms with Crippen LogP contribution >= 0.6 is 0 Å². The molecule has 1 aromatic carbocycles. The average Bonchev–Trinajstić information content (AvgIpc) is 3.33. The van der Waals surface area contributed by atoms with E-state index in [0.717, 1.165) is 11.1 Å². The van der Waals surface area contributed by atoms with Crippen molar-refractivity contribution in [2.24, 2.45) is 11.1 Å². The van der Waals surface area contributed by atoms with Gasteiger partial charge in [0.15, 0.2) is 0 Å². The second kappa shape index (κ2) is 5.92. The minimum atomic E-state index is -1.06. The van der Waals surface area contributed by atoms with Crippen molar-refractivity contribution in [3.05, 3.63) is 35.4 Å². The van der Waals surface area contributed by atoms with Crippen LogP contribution in [0.3, 0.4) is 0 Å². The van der Waals surface area contributed by atoms with Crippen molar-refractivity contribution in [3.8, 4) is 0 Å². The Bertz CT molecular complexity index is 697. The SMILES string of the molecule is Cc1cccc(CN2CCN(C(=O)C3(C(N)=O)CC3)[C@@H](C)C2=O)c1. The molecule has 3 rings (SSSR count). The van der Waals surface area contributed by atoms with Gasteiger partial charge >= 0.3 is 0 Å². The first kappa shape index (κ1) is 16.5. The first-order valence-electron chi connectivity index (χ1n) is 8.30. The maximum absolute atomic E-state index is 12.7. The molecule has 1 heterocycles. The van der Waals surface area contributed by atoms with E-state index >= 15 is 0 Å². The van der Waals surface area contributed by atoms with E-state index < -0.39 is 17.4 Å². The van der Waals surface area contributed by atoms with E-state index in [-0.39, 0.29) is 11.8 Å². The zero-order valence-corrected chi connectivity index (χ0v) is 14.1. The van der Waals surface area contributed by atoms with Gasteiger partial charge in [-0.25, -0.2) is 0 Å². The predicted molar refractivity (Wildman–Crippen MR) is 88.6 cm³/mol. The van der Waals surface area contributed by atoms with Crippen molar-refractivity contribution >= 4 is 17.7 Å². The maximum Gasteiger partial charge on any atom is 0.245 e. The number of primary amides is 1. The standard InChI is InChI=1S/C18H23N3O3/c1-12-4-3-5-14(10-12)11-20-8-9-21(13(2)15(20)22)17(24)18(6-7-18)16(19)23/h3-5,10,13H,6-9,11H2,1-2H3,(H2,19,23)/t13-/m0/s1. The molecule has 1 atom stereocenters. The molecule has 1 aliphatic carbocycles. The van der Waals surface area contributed by atoms with Gasteiger partial charge in [0, 0.05) is 19.6 Å². The molecule has 2 aliphatic rings. The summed E-state index contributed by atoms with van der Waals surface area (Å²) >= 11 is 0. The molecule has 24 heavy (non-hydrogen) atoms. The summed E-state index contributed by atoms with van der Waals surface area (Å²) in [6, 6.07) is 7.48. The van der Waals surface area contributed by atoms with E-state index in [9.17, 15) is 14.4 Å². The van der Waals surface area contributed by atoms with E-state index in [0.29, 0.717) is 32.5 Å². The van der Waals surface area contributed by atoms with Crippen LogP contribution in [0.5, 0.6) is 0 Å². The Morgan fingerprint density at radius 3 is 2.58 bits per heavy atom. The van der Waals surface area contributed by atoms with Gasteiger partial charge in [-0.1, -0.05) is 29.8 Å². The summed E-state index contributed by atoms with van der Waals surface area (Å²) in [5, 5.41) is 0. The number of hydrogen-bond donors (Lipinski definition) is 1. The predicted octanol–water partition coefficient (Wildman–Crippen LogP) is 0.820. The topological polar surface area (TPSA) is 83.7 Å². The third kappa shape index (κ3) is 2.77. The summed E-state index contributed by atoms with van der Waals surface area (Å²) in [4.78, 5) is 40.2. The quantitative estimate of drug-likeness (QED) is 0.830. The van der Waals surface area contributed by atoms with Crippen molar-refractivity contribution in [3.63, 3.8) is 0 Å². The van der Waals surface area contributed by atoms with Gasteiger partial charge in [-0.15, -0.1) is 0 Å². The third-order valence-electron chi connectivity index (χ3n) is 5.10. The second-order valence-electron chi connectivity index (χ2n) is 6.87. The zero-order valence-electron chi connectivity index (χ0n) is 14.1. The molecule has 1 aromatic rings. The normalized spacial score (nSPS) is 22.4. The highest BCUT2D eigenvalue weighted by molar-refractivity contribution is 6.08. The maximum atomic E-state index is 12.7. The number of hydrogen-bond acceptors (Lipinski definition) is 3. The van der Waals surface area contributed by atoms with Crippen LogP contribution in [-0.2, 0) is 20.9 Å². The van der Waals surface area contributed by atoms with Gasteiger partial charge in [0.2, 0.25) is 17.7 Å². The van der Waals surface area contributed by atoms with Crippen LogP contribution in [0.25, 0.3) is 0 Å². The summed E-state index contributed by atoms with van der Waals surface area (Å²) in [7, 11) is 0. The van der Waals surface area contributed by atoms with E-state index in [1.165, 1.54) is 4.90 Å². The molecule has 1 saturated carbocycles. The number of carbonyl (C=O) groups is 3. The van der Waals surface area contributed by atoms with Crippen LogP contribution in [0, 0.1) is 12.3 Å². The van der Waals surface area contributed by atoms with E-state index in [1.807, 2.05) is 25.1 Å². The van der Waals surface area contributed by atoms with Gasteiger partial charge in [0.1, 0.15) is 11.5 Å². The van der Waals surface area contributed by atoms with Gasteiger partial charge in [-0.05, 0) is 32.3 Å². The van der Waals surface area contributed by atoms with Gasteiger partial charge < -0.3 is 15.5 Å². The molecule has 0 radical (unpaired) electrons. The number of carbonyl (C=O) groups excluding carboxylic acids is 3. The molecule has 2 fully saturated rings. The van der Waals surface area contributed by atoms with Crippen LogP contribution in [0.4, 0.5) is 0 Å². The van der Waals surface area contributed by atoms with E-state index in [4.69, 9.17) is 5.73 Å². The summed E-state index contributed by atoms with van der Waals surface area (Å²) < 4.78 is 0. The van der Waals surface area contributed by atoms with Crippen LogP contribution in [0.15, 0.2) is 24.3 Å². The van der Waals surface area contributed by atoms with Gasteiger partial charge in [0.25, 0.3) is 0 Å². The molecule has 2 N–H and O–H groups in total. The fourth-order valence-electron chi connectivity index (χ4n) is 3.36. The number of rotatable bonds is 4. The van der Waals surface area contributed by atoms with Gasteiger partial charge in [-0.3, -0.25) is 14.4 Å². The highest BCUT2D eigenvalue weighted by Gasteiger charge is 2.58.